The fourth-order valence-electron chi connectivity index (χ4n) is 4.77. The van der Waals surface area contributed by atoms with E-state index in [1.54, 1.807) is 11.0 Å². The molecule has 2 fully saturated rings. The highest BCUT2D eigenvalue weighted by molar-refractivity contribution is 7.90. The number of rotatable bonds is 7. The van der Waals surface area contributed by atoms with Crippen LogP contribution in [0.4, 0.5) is 5.69 Å². The molecule has 5 rings (SSSR count). The third-order valence-corrected chi connectivity index (χ3v) is 8.49. The Bertz CT molecular complexity index is 1280. The zero-order valence-electron chi connectivity index (χ0n) is 19.8. The lowest BCUT2D eigenvalue weighted by molar-refractivity contribution is 0.0738. The van der Waals surface area contributed by atoms with E-state index in [0.717, 1.165) is 42.3 Å². The van der Waals surface area contributed by atoms with Crippen molar-refractivity contribution in [1.82, 2.24) is 4.90 Å². The summed E-state index contributed by atoms with van der Waals surface area (Å²) in [6.45, 7) is 2.55. The van der Waals surface area contributed by atoms with Crippen molar-refractivity contribution in [3.05, 3.63) is 53.1 Å². The smallest absolute Gasteiger partial charge is 0.257 e. The first-order chi connectivity index (χ1) is 16.7. The minimum absolute atomic E-state index is 0.0243. The van der Waals surface area contributed by atoms with E-state index in [9.17, 15) is 23.1 Å². The summed E-state index contributed by atoms with van der Waals surface area (Å²) in [5, 5.41) is 9.60. The van der Waals surface area contributed by atoms with Crippen LogP contribution < -0.4 is 9.64 Å². The van der Waals surface area contributed by atoms with Gasteiger partial charge in [0.25, 0.3) is 5.91 Å². The Kier molecular flexibility index (Phi) is 6.09. The van der Waals surface area contributed by atoms with Crippen LogP contribution in [0.1, 0.15) is 45.5 Å². The maximum Gasteiger partial charge on any atom is 0.257 e. The van der Waals surface area contributed by atoms with Gasteiger partial charge in [0.05, 0.1) is 23.7 Å². The number of carbonyl (C=O) groups excluding carboxylic acids is 2. The Hall–Kier alpha value is -2.91. The second-order valence-electron chi connectivity index (χ2n) is 9.92. The normalized spacial score (nSPS) is 19.0. The van der Waals surface area contributed by atoms with Gasteiger partial charge in [-0.25, -0.2) is 8.42 Å². The zero-order chi connectivity index (χ0) is 24.8. The molecular formula is C26H30N2O6S. The first-order valence-electron chi connectivity index (χ1n) is 12.0. The Morgan fingerprint density at radius 1 is 1.06 bits per heavy atom. The fraction of sp³-hybridized carbons (Fsp3) is 0.462. The first kappa shape index (κ1) is 23.8. The van der Waals surface area contributed by atoms with Crippen molar-refractivity contribution in [2.75, 3.05) is 50.5 Å². The minimum Gasteiger partial charge on any atom is -0.492 e. The van der Waals surface area contributed by atoms with E-state index >= 15 is 0 Å². The molecule has 0 atom stereocenters. The Balaban J connectivity index is 1.32. The van der Waals surface area contributed by atoms with Gasteiger partial charge >= 0.3 is 0 Å². The molecule has 1 heterocycles. The summed E-state index contributed by atoms with van der Waals surface area (Å²) in [5.74, 6) is 0.272. The highest BCUT2D eigenvalue weighted by Crippen LogP contribution is 2.45. The number of piperazine rings is 1. The van der Waals surface area contributed by atoms with Gasteiger partial charge in [-0.3, -0.25) is 9.59 Å². The Morgan fingerprint density at radius 3 is 2.46 bits per heavy atom. The third kappa shape index (κ3) is 4.79. The molecule has 1 aliphatic heterocycles. The summed E-state index contributed by atoms with van der Waals surface area (Å²) < 4.78 is 30.2. The van der Waals surface area contributed by atoms with Gasteiger partial charge < -0.3 is 19.6 Å². The molecule has 0 spiro atoms. The average molecular weight is 499 g/mol. The molecule has 2 aliphatic carbocycles. The summed E-state index contributed by atoms with van der Waals surface area (Å²) in [7, 11) is -3.49. The minimum atomic E-state index is -3.49. The van der Waals surface area contributed by atoms with Gasteiger partial charge in [-0.2, -0.15) is 0 Å². The number of Topliss-reactive ketones (excluding diaryl/α,β-unsaturated/α-hetero) is 1. The maximum atomic E-state index is 13.5. The largest absolute Gasteiger partial charge is 0.492 e. The lowest BCUT2D eigenvalue weighted by Gasteiger charge is -2.36. The van der Waals surface area contributed by atoms with E-state index in [-0.39, 0.29) is 40.8 Å². The van der Waals surface area contributed by atoms with Crippen LogP contribution in [0, 0.1) is 5.41 Å². The number of carbonyl (C=O) groups is 2. The number of hydrogen-bond donors (Lipinski definition) is 1. The summed E-state index contributed by atoms with van der Waals surface area (Å²) in [5.41, 5.74) is 2.91. The molecular weight excluding hydrogens is 468 g/mol. The molecule has 0 bridgehead atoms. The maximum absolute atomic E-state index is 13.5. The van der Waals surface area contributed by atoms with Crippen molar-refractivity contribution in [2.24, 2.45) is 5.41 Å². The van der Waals surface area contributed by atoms with Gasteiger partial charge in [0.2, 0.25) is 0 Å². The monoisotopic (exact) mass is 498 g/mol. The van der Waals surface area contributed by atoms with E-state index in [0.29, 0.717) is 38.3 Å². The molecule has 0 aromatic heterocycles. The number of nitrogens with zero attached hydrogens (tertiary/aromatic N) is 2. The molecule has 1 saturated heterocycles. The predicted octanol–water partition coefficient (Wildman–Crippen LogP) is 2.33. The highest BCUT2D eigenvalue weighted by Gasteiger charge is 2.43. The van der Waals surface area contributed by atoms with E-state index in [1.165, 1.54) is 12.1 Å². The van der Waals surface area contributed by atoms with Crippen molar-refractivity contribution in [3.8, 4) is 5.75 Å². The van der Waals surface area contributed by atoms with Crippen LogP contribution in [0.5, 0.6) is 5.75 Å². The van der Waals surface area contributed by atoms with E-state index in [1.807, 2.05) is 12.1 Å². The number of ketones is 1. The van der Waals surface area contributed by atoms with Crippen LogP contribution in [0.2, 0.25) is 0 Å². The third-order valence-electron chi connectivity index (χ3n) is 7.38. The number of aliphatic hydroxyl groups is 1. The molecule has 1 N–H and O–H groups in total. The van der Waals surface area contributed by atoms with Gasteiger partial charge in [0.15, 0.2) is 15.6 Å². The molecule has 35 heavy (non-hydrogen) atoms. The topological polar surface area (TPSA) is 104 Å². The van der Waals surface area contributed by atoms with Crippen molar-refractivity contribution in [1.29, 1.82) is 0 Å². The molecule has 9 heteroatoms. The number of aryl methyl sites for hydroxylation is 1. The molecule has 0 unspecified atom stereocenters. The number of aliphatic hydroxyl groups excluding tert-OH is 1. The lowest BCUT2D eigenvalue weighted by Crippen LogP contribution is -2.49. The molecule has 3 aliphatic rings. The molecule has 0 radical (unpaired) electrons. The molecule has 8 nitrogen and oxygen atoms in total. The first-order valence-corrected chi connectivity index (χ1v) is 13.9. The van der Waals surface area contributed by atoms with Gasteiger partial charge in [0, 0.05) is 55.5 Å². The second kappa shape index (κ2) is 8.95. The molecule has 1 saturated carbocycles. The average Bonchev–Trinajstić information content (AvgIpc) is 3.56. The number of sulfone groups is 1. The van der Waals surface area contributed by atoms with Gasteiger partial charge in [-0.05, 0) is 61.2 Å². The summed E-state index contributed by atoms with van der Waals surface area (Å²) in [6.07, 6.45) is 4.19. The van der Waals surface area contributed by atoms with Crippen LogP contribution in [-0.4, -0.2) is 75.8 Å². The summed E-state index contributed by atoms with van der Waals surface area (Å²) in [4.78, 5) is 29.4. The molecule has 186 valence electrons. The number of anilines is 1. The van der Waals surface area contributed by atoms with Crippen LogP contribution in [0.25, 0.3) is 0 Å². The summed E-state index contributed by atoms with van der Waals surface area (Å²) >= 11 is 0. The van der Waals surface area contributed by atoms with Crippen LogP contribution in [-0.2, 0) is 16.3 Å². The fourth-order valence-corrected chi connectivity index (χ4v) is 5.41. The number of ether oxygens (including phenoxy) is 1. The molecule has 2 aromatic rings. The van der Waals surface area contributed by atoms with Crippen LogP contribution in [0.15, 0.2) is 41.3 Å². The lowest BCUT2D eigenvalue weighted by atomic mass is 10.1. The number of amides is 1. The number of benzene rings is 2. The van der Waals surface area contributed by atoms with Crippen LogP contribution >= 0.6 is 0 Å². The van der Waals surface area contributed by atoms with Crippen molar-refractivity contribution >= 4 is 27.2 Å². The summed E-state index contributed by atoms with van der Waals surface area (Å²) in [6, 6.07) is 10.3. The second-order valence-corrected chi connectivity index (χ2v) is 11.9. The SMILES string of the molecule is CS(=O)(=O)c1ccc(OCC2(CO)CC2)c(C(=O)N2CCN(c3ccc4c(c3)CCC4=O)CC2)c1. The standard InChI is InChI=1S/C26H30N2O6S/c1-35(32,33)20-4-7-24(34-17-26(16-29)8-9-26)22(15-20)25(31)28-12-10-27(11-13-28)19-3-5-21-18(14-19)2-6-23(21)30/h3-5,7,14-15,29H,2,6,8-13,16-17H2,1H3. The Labute approximate surface area is 205 Å². The number of fused-ring (bicyclic) bond motifs is 1. The molecule has 2 aromatic carbocycles. The quantitative estimate of drug-likeness (QED) is 0.625. The van der Waals surface area contributed by atoms with E-state index in [2.05, 4.69) is 11.0 Å². The Morgan fingerprint density at radius 2 is 1.80 bits per heavy atom. The zero-order valence-corrected chi connectivity index (χ0v) is 20.6. The van der Waals surface area contributed by atoms with Gasteiger partial charge in [-0.1, -0.05) is 0 Å². The van der Waals surface area contributed by atoms with E-state index < -0.39 is 9.84 Å². The highest BCUT2D eigenvalue weighted by atomic mass is 32.2. The van der Waals surface area contributed by atoms with Gasteiger partial charge in [-0.15, -0.1) is 0 Å². The van der Waals surface area contributed by atoms with E-state index in [4.69, 9.17) is 4.74 Å². The van der Waals surface area contributed by atoms with Gasteiger partial charge in [0.1, 0.15) is 5.75 Å². The predicted molar refractivity (Wildman–Crippen MR) is 131 cm³/mol. The van der Waals surface area contributed by atoms with Crippen LogP contribution in [0.3, 0.4) is 0 Å². The van der Waals surface area contributed by atoms with Crippen molar-refractivity contribution < 1.29 is 27.9 Å². The number of hydrogen-bond acceptors (Lipinski definition) is 7. The van der Waals surface area contributed by atoms with Crippen molar-refractivity contribution in [3.63, 3.8) is 0 Å². The van der Waals surface area contributed by atoms with Crippen molar-refractivity contribution in [2.45, 2.75) is 30.6 Å². The molecule has 1 amide bonds.